The van der Waals surface area contributed by atoms with Crippen molar-refractivity contribution in [1.82, 2.24) is 4.98 Å². The van der Waals surface area contributed by atoms with Gasteiger partial charge in [0.25, 0.3) is 5.19 Å². The zero-order chi connectivity index (χ0) is 12.5. The zero-order valence-corrected chi connectivity index (χ0v) is 11.5. The van der Waals surface area contributed by atoms with E-state index >= 15 is 0 Å². The van der Waals surface area contributed by atoms with Crippen molar-refractivity contribution in [3.8, 4) is 10.9 Å². The highest BCUT2D eigenvalue weighted by Crippen LogP contribution is 2.34. The Balaban J connectivity index is 1.98. The van der Waals surface area contributed by atoms with Crippen molar-refractivity contribution in [3.05, 3.63) is 52.8 Å². The summed E-state index contributed by atoms with van der Waals surface area (Å²) in [5.74, 6) is 0.0865. The molecule has 0 radical (unpaired) electrons. The number of rotatable bonds is 2. The normalized spacial score (nSPS) is 10.8. The molecule has 2 aromatic carbocycles. The predicted molar refractivity (Wildman–Crippen MR) is 73.8 cm³/mol. The number of nitrogens with zero attached hydrogens (tertiary/aromatic N) is 1. The first-order valence-electron chi connectivity index (χ1n) is 5.21. The van der Waals surface area contributed by atoms with Crippen molar-refractivity contribution in [2.45, 2.75) is 0 Å². The summed E-state index contributed by atoms with van der Waals surface area (Å²) in [6.07, 6.45) is 0. The summed E-state index contributed by atoms with van der Waals surface area (Å²) < 4.78 is 20.5. The van der Waals surface area contributed by atoms with Crippen molar-refractivity contribution in [2.75, 3.05) is 0 Å². The average Bonchev–Trinajstić information content (AvgIpc) is 2.76. The maximum absolute atomic E-state index is 13.1. The Morgan fingerprint density at radius 1 is 1.17 bits per heavy atom. The van der Waals surface area contributed by atoms with Gasteiger partial charge in [0.15, 0.2) is 0 Å². The molecule has 0 aliphatic rings. The number of para-hydroxylation sites is 1. The molecule has 0 unspecified atom stereocenters. The number of aromatic nitrogens is 1. The van der Waals surface area contributed by atoms with Crippen LogP contribution in [0.15, 0.2) is 46.9 Å². The van der Waals surface area contributed by atoms with Gasteiger partial charge in [-0.2, -0.15) is 0 Å². The molecule has 0 amide bonds. The van der Waals surface area contributed by atoms with Gasteiger partial charge in [-0.1, -0.05) is 23.5 Å². The minimum Gasteiger partial charge on any atom is -0.430 e. The fourth-order valence-electron chi connectivity index (χ4n) is 1.54. The quantitative estimate of drug-likeness (QED) is 0.662. The fourth-order valence-corrected chi connectivity index (χ4v) is 2.70. The third kappa shape index (κ3) is 2.23. The van der Waals surface area contributed by atoms with Crippen LogP contribution in [0.25, 0.3) is 10.2 Å². The van der Waals surface area contributed by atoms with Crippen LogP contribution in [0.2, 0.25) is 0 Å². The first-order valence-corrected chi connectivity index (χ1v) is 6.82. The van der Waals surface area contributed by atoms with Gasteiger partial charge in [0, 0.05) is 6.07 Å². The van der Waals surface area contributed by atoms with Gasteiger partial charge < -0.3 is 4.74 Å². The van der Waals surface area contributed by atoms with Crippen molar-refractivity contribution in [2.24, 2.45) is 0 Å². The number of ether oxygens (including phenoxy) is 1. The first kappa shape index (κ1) is 11.6. The van der Waals surface area contributed by atoms with Crippen molar-refractivity contribution in [1.29, 1.82) is 0 Å². The Morgan fingerprint density at radius 2 is 2.00 bits per heavy atom. The molecule has 0 N–H and O–H groups in total. The summed E-state index contributed by atoms with van der Waals surface area (Å²) in [7, 11) is 0. The number of benzene rings is 2. The lowest BCUT2D eigenvalue weighted by atomic mass is 10.3. The Bertz CT molecular complexity index is 680. The highest BCUT2D eigenvalue weighted by atomic mass is 79.9. The SMILES string of the molecule is Fc1ccc(Br)c(Oc2nc3ccccc3s2)c1. The van der Waals surface area contributed by atoms with Gasteiger partial charge in [0.2, 0.25) is 0 Å². The fraction of sp³-hybridized carbons (Fsp3) is 0. The molecule has 0 aliphatic heterocycles. The van der Waals surface area contributed by atoms with Crippen LogP contribution in [0.5, 0.6) is 10.9 Å². The molecule has 0 fully saturated rings. The van der Waals surface area contributed by atoms with E-state index in [1.807, 2.05) is 24.3 Å². The molecule has 2 nitrogen and oxygen atoms in total. The molecule has 18 heavy (non-hydrogen) atoms. The second-order valence-corrected chi connectivity index (χ2v) is 5.47. The van der Waals surface area contributed by atoms with Gasteiger partial charge >= 0.3 is 0 Å². The van der Waals surface area contributed by atoms with E-state index < -0.39 is 0 Å². The molecule has 0 spiro atoms. The largest absolute Gasteiger partial charge is 0.430 e. The van der Waals surface area contributed by atoms with Gasteiger partial charge in [-0.05, 0) is 40.2 Å². The Morgan fingerprint density at radius 3 is 2.83 bits per heavy atom. The Kier molecular flexibility index (Phi) is 3.01. The van der Waals surface area contributed by atoms with Gasteiger partial charge in [0.1, 0.15) is 11.6 Å². The van der Waals surface area contributed by atoms with Gasteiger partial charge in [-0.15, -0.1) is 0 Å². The van der Waals surface area contributed by atoms with E-state index in [9.17, 15) is 4.39 Å². The lowest BCUT2D eigenvalue weighted by molar-refractivity contribution is 0.471. The zero-order valence-electron chi connectivity index (χ0n) is 9.06. The lowest BCUT2D eigenvalue weighted by Crippen LogP contribution is -1.85. The molecule has 5 heteroatoms. The molecule has 0 saturated carbocycles. The van der Waals surface area contributed by atoms with E-state index in [4.69, 9.17) is 4.74 Å². The van der Waals surface area contributed by atoms with Gasteiger partial charge in [0.05, 0.1) is 14.7 Å². The summed E-state index contributed by atoms with van der Waals surface area (Å²) in [5, 5.41) is 0.502. The van der Waals surface area contributed by atoms with Crippen LogP contribution in [0.1, 0.15) is 0 Å². The van der Waals surface area contributed by atoms with E-state index in [0.717, 1.165) is 10.2 Å². The number of halogens is 2. The second-order valence-electron chi connectivity index (χ2n) is 3.62. The van der Waals surface area contributed by atoms with E-state index in [-0.39, 0.29) is 5.82 Å². The second kappa shape index (κ2) is 4.66. The molecule has 1 heterocycles. The number of fused-ring (bicyclic) bond motifs is 1. The molecule has 1 aromatic heterocycles. The standard InChI is InChI=1S/C13H7BrFNOS/c14-9-6-5-8(15)7-11(9)17-13-16-10-3-1-2-4-12(10)18-13/h1-7H. The predicted octanol–water partition coefficient (Wildman–Crippen LogP) is 4.99. The Hall–Kier alpha value is -1.46. The third-order valence-corrected chi connectivity index (χ3v) is 3.93. The molecular formula is C13H7BrFNOS. The topological polar surface area (TPSA) is 22.1 Å². The number of hydrogen-bond acceptors (Lipinski definition) is 3. The molecule has 90 valence electrons. The van der Waals surface area contributed by atoms with E-state index in [2.05, 4.69) is 20.9 Å². The summed E-state index contributed by atoms with van der Waals surface area (Å²) in [5.41, 5.74) is 0.880. The van der Waals surface area contributed by atoms with Gasteiger partial charge in [-0.3, -0.25) is 0 Å². The minimum absolute atomic E-state index is 0.339. The molecule has 0 saturated heterocycles. The maximum Gasteiger partial charge on any atom is 0.279 e. The van der Waals surface area contributed by atoms with Crippen LogP contribution < -0.4 is 4.74 Å². The van der Waals surface area contributed by atoms with Crippen LogP contribution in [0.4, 0.5) is 4.39 Å². The molecule has 3 aromatic rings. The highest BCUT2D eigenvalue weighted by molar-refractivity contribution is 9.10. The van der Waals surface area contributed by atoms with Crippen LogP contribution in [0, 0.1) is 5.82 Å². The van der Waals surface area contributed by atoms with E-state index in [0.29, 0.717) is 15.4 Å². The first-order chi connectivity index (χ1) is 8.72. The monoisotopic (exact) mass is 323 g/mol. The average molecular weight is 324 g/mol. The van der Waals surface area contributed by atoms with E-state index in [1.54, 1.807) is 6.07 Å². The lowest BCUT2D eigenvalue weighted by Gasteiger charge is -2.03. The summed E-state index contributed by atoms with van der Waals surface area (Å²) in [4.78, 5) is 4.33. The summed E-state index contributed by atoms with van der Waals surface area (Å²) in [6, 6.07) is 12.1. The molecule has 3 rings (SSSR count). The van der Waals surface area contributed by atoms with Gasteiger partial charge in [-0.25, -0.2) is 9.37 Å². The van der Waals surface area contributed by atoms with Crippen LogP contribution >= 0.6 is 27.3 Å². The van der Waals surface area contributed by atoms with Crippen LogP contribution in [-0.4, -0.2) is 4.98 Å². The third-order valence-electron chi connectivity index (χ3n) is 2.36. The smallest absolute Gasteiger partial charge is 0.279 e. The van der Waals surface area contributed by atoms with Crippen molar-refractivity contribution >= 4 is 37.5 Å². The summed E-state index contributed by atoms with van der Waals surface area (Å²) in [6.45, 7) is 0. The molecule has 0 aliphatic carbocycles. The maximum atomic E-state index is 13.1. The molecule has 0 bridgehead atoms. The Labute approximate surface area is 115 Å². The minimum atomic E-state index is -0.339. The van der Waals surface area contributed by atoms with E-state index in [1.165, 1.54) is 23.5 Å². The van der Waals surface area contributed by atoms with Crippen molar-refractivity contribution < 1.29 is 9.13 Å². The summed E-state index contributed by atoms with van der Waals surface area (Å²) >= 11 is 4.75. The van der Waals surface area contributed by atoms with Crippen LogP contribution in [-0.2, 0) is 0 Å². The molecular weight excluding hydrogens is 317 g/mol. The molecule has 0 atom stereocenters. The van der Waals surface area contributed by atoms with Crippen molar-refractivity contribution in [3.63, 3.8) is 0 Å². The highest BCUT2D eigenvalue weighted by Gasteiger charge is 2.08. The number of hydrogen-bond donors (Lipinski definition) is 0. The van der Waals surface area contributed by atoms with Crippen LogP contribution in [0.3, 0.4) is 0 Å². The number of thiazole rings is 1.